The van der Waals surface area contributed by atoms with Crippen molar-refractivity contribution in [1.29, 1.82) is 0 Å². The maximum absolute atomic E-state index is 12.7. The van der Waals surface area contributed by atoms with E-state index in [2.05, 4.69) is 10.3 Å². The molecule has 8 heteroatoms. The van der Waals surface area contributed by atoms with E-state index in [-0.39, 0.29) is 11.7 Å². The first kappa shape index (κ1) is 15.8. The highest BCUT2D eigenvalue weighted by Crippen LogP contribution is 2.29. The van der Waals surface area contributed by atoms with Gasteiger partial charge in [-0.15, -0.1) is 11.3 Å². The van der Waals surface area contributed by atoms with Crippen LogP contribution in [0.5, 0.6) is 0 Å². The van der Waals surface area contributed by atoms with Crippen molar-refractivity contribution in [1.82, 2.24) is 4.98 Å². The molecule has 2 aromatic rings. The average molecular weight is 332 g/mol. The zero-order valence-electron chi connectivity index (χ0n) is 11.4. The molecule has 1 N–H and O–H groups in total. The maximum Gasteiger partial charge on any atom is 0.341 e. The Labute approximate surface area is 125 Å². The Balaban J connectivity index is 2.33. The minimum absolute atomic E-state index is 0.151. The predicted octanol–water partition coefficient (Wildman–Crippen LogP) is 3.62. The number of rotatable bonds is 5. The third kappa shape index (κ3) is 3.38. The molecule has 0 spiro atoms. The van der Waals surface area contributed by atoms with Gasteiger partial charge in [0.2, 0.25) is 9.84 Å². The molecule has 4 nitrogen and oxygen atoms in total. The van der Waals surface area contributed by atoms with Crippen LogP contribution in [0.2, 0.25) is 0 Å². The minimum Gasteiger partial charge on any atom is -0.375 e. The van der Waals surface area contributed by atoms with Crippen LogP contribution in [0.15, 0.2) is 34.5 Å². The van der Waals surface area contributed by atoms with Gasteiger partial charge < -0.3 is 5.32 Å². The summed E-state index contributed by atoms with van der Waals surface area (Å²) in [5, 5.41) is 5.57. The summed E-state index contributed by atoms with van der Waals surface area (Å²) in [6.45, 7) is 3.64. The van der Waals surface area contributed by atoms with Crippen molar-refractivity contribution in [2.75, 3.05) is 5.32 Å². The molecule has 0 radical (unpaired) electrons. The van der Waals surface area contributed by atoms with Gasteiger partial charge >= 0.3 is 5.76 Å². The standard InChI is InChI=1S/C13H14F2N2O2S2/c1-8-7-20-12(16-8)9(2)17-10-5-3-4-6-11(10)21(18,19)13(14)15/h3-7,9,13,17H,1-2H3. The number of aromatic nitrogens is 1. The number of nitrogens with zero attached hydrogens (tertiary/aromatic N) is 1. The molecule has 1 heterocycles. The molecule has 0 fully saturated rings. The van der Waals surface area contributed by atoms with E-state index in [1.165, 1.54) is 29.5 Å². The highest BCUT2D eigenvalue weighted by atomic mass is 32.2. The first-order valence-electron chi connectivity index (χ1n) is 6.12. The fourth-order valence-electron chi connectivity index (χ4n) is 1.80. The molecule has 0 bridgehead atoms. The summed E-state index contributed by atoms with van der Waals surface area (Å²) in [6.07, 6.45) is 0. The summed E-state index contributed by atoms with van der Waals surface area (Å²) >= 11 is 1.43. The van der Waals surface area contributed by atoms with E-state index in [0.717, 1.165) is 10.7 Å². The van der Waals surface area contributed by atoms with E-state index in [1.807, 2.05) is 12.3 Å². The topological polar surface area (TPSA) is 59.1 Å². The Morgan fingerprint density at radius 2 is 1.95 bits per heavy atom. The number of thiazole rings is 1. The minimum atomic E-state index is -4.64. The van der Waals surface area contributed by atoms with Crippen molar-refractivity contribution in [3.8, 4) is 0 Å². The second kappa shape index (κ2) is 6.07. The summed E-state index contributed by atoms with van der Waals surface area (Å²) in [5.74, 6) is -3.45. The van der Waals surface area contributed by atoms with Gasteiger partial charge in [0.05, 0.1) is 16.6 Å². The van der Waals surface area contributed by atoms with Crippen LogP contribution in [0, 0.1) is 6.92 Å². The number of anilines is 1. The van der Waals surface area contributed by atoms with Gasteiger partial charge in [0.25, 0.3) is 0 Å². The number of aryl methyl sites for hydroxylation is 1. The normalized spacial score (nSPS) is 13.4. The molecule has 2 rings (SSSR count). The van der Waals surface area contributed by atoms with Crippen molar-refractivity contribution in [2.24, 2.45) is 0 Å². The second-order valence-corrected chi connectivity index (χ2v) is 7.27. The molecule has 1 atom stereocenters. The first-order chi connectivity index (χ1) is 9.82. The van der Waals surface area contributed by atoms with Gasteiger partial charge in [-0.2, -0.15) is 8.78 Å². The quantitative estimate of drug-likeness (QED) is 0.908. The summed E-state index contributed by atoms with van der Waals surface area (Å²) in [7, 11) is -4.64. The molecule has 0 amide bonds. The van der Waals surface area contributed by atoms with Crippen molar-refractivity contribution in [3.63, 3.8) is 0 Å². The molecule has 1 aromatic heterocycles. The SMILES string of the molecule is Cc1csc(C(C)Nc2ccccc2S(=O)(=O)C(F)F)n1. The summed E-state index contributed by atoms with van der Waals surface area (Å²) in [6, 6.07) is 5.36. The second-order valence-electron chi connectivity index (χ2n) is 4.49. The number of benzene rings is 1. The number of alkyl halides is 2. The lowest BCUT2D eigenvalue weighted by atomic mass is 10.2. The van der Waals surface area contributed by atoms with Crippen LogP contribution in [-0.2, 0) is 9.84 Å². The summed E-state index contributed by atoms with van der Waals surface area (Å²) in [5.41, 5.74) is 1.01. The van der Waals surface area contributed by atoms with Gasteiger partial charge in [-0.05, 0) is 26.0 Å². The molecule has 0 aliphatic heterocycles. The van der Waals surface area contributed by atoms with Gasteiger partial charge in [-0.25, -0.2) is 13.4 Å². The van der Waals surface area contributed by atoms with Crippen LogP contribution >= 0.6 is 11.3 Å². The van der Waals surface area contributed by atoms with Crippen molar-refractivity contribution >= 4 is 26.9 Å². The Bertz CT molecular complexity index is 729. The van der Waals surface area contributed by atoms with E-state index in [9.17, 15) is 17.2 Å². The van der Waals surface area contributed by atoms with Crippen molar-refractivity contribution in [2.45, 2.75) is 30.5 Å². The lowest BCUT2D eigenvalue weighted by Crippen LogP contribution is -2.15. The fourth-order valence-corrected chi connectivity index (χ4v) is 3.49. The largest absolute Gasteiger partial charge is 0.375 e. The van der Waals surface area contributed by atoms with Crippen molar-refractivity contribution in [3.05, 3.63) is 40.3 Å². The number of halogens is 2. The molecule has 0 aliphatic carbocycles. The number of hydrogen-bond donors (Lipinski definition) is 1. The Morgan fingerprint density at radius 3 is 2.52 bits per heavy atom. The van der Waals surface area contributed by atoms with Crippen LogP contribution in [0.4, 0.5) is 14.5 Å². The van der Waals surface area contributed by atoms with E-state index in [0.29, 0.717) is 0 Å². The van der Waals surface area contributed by atoms with E-state index in [1.54, 1.807) is 13.0 Å². The zero-order chi connectivity index (χ0) is 15.6. The summed E-state index contributed by atoms with van der Waals surface area (Å²) < 4.78 is 48.8. The molecule has 21 heavy (non-hydrogen) atoms. The molecule has 114 valence electrons. The Hall–Kier alpha value is -1.54. The first-order valence-corrected chi connectivity index (χ1v) is 8.54. The average Bonchev–Trinajstić information content (AvgIpc) is 2.86. The van der Waals surface area contributed by atoms with Crippen LogP contribution in [0.25, 0.3) is 0 Å². The number of para-hydroxylation sites is 1. The Kier molecular flexibility index (Phi) is 4.58. The van der Waals surface area contributed by atoms with E-state index < -0.39 is 20.5 Å². The third-order valence-corrected chi connectivity index (χ3v) is 5.39. The molecular formula is C13H14F2N2O2S2. The zero-order valence-corrected chi connectivity index (χ0v) is 13.0. The lowest BCUT2D eigenvalue weighted by molar-refractivity contribution is 0.235. The molecule has 1 unspecified atom stereocenters. The molecule has 0 aliphatic rings. The Morgan fingerprint density at radius 1 is 1.29 bits per heavy atom. The van der Waals surface area contributed by atoms with Gasteiger partial charge in [0.15, 0.2) is 0 Å². The highest BCUT2D eigenvalue weighted by Gasteiger charge is 2.29. The van der Waals surface area contributed by atoms with Gasteiger partial charge in [-0.1, -0.05) is 12.1 Å². The van der Waals surface area contributed by atoms with Gasteiger partial charge in [0, 0.05) is 11.1 Å². The monoisotopic (exact) mass is 332 g/mol. The van der Waals surface area contributed by atoms with Crippen LogP contribution in [0.1, 0.15) is 23.7 Å². The summed E-state index contributed by atoms with van der Waals surface area (Å²) in [4.78, 5) is 3.89. The lowest BCUT2D eigenvalue weighted by Gasteiger charge is -2.16. The third-order valence-electron chi connectivity index (χ3n) is 2.81. The fraction of sp³-hybridized carbons (Fsp3) is 0.308. The molecular weight excluding hydrogens is 318 g/mol. The van der Waals surface area contributed by atoms with E-state index >= 15 is 0 Å². The number of nitrogens with one attached hydrogen (secondary N) is 1. The van der Waals surface area contributed by atoms with Gasteiger partial charge in [-0.3, -0.25) is 0 Å². The van der Waals surface area contributed by atoms with Crippen LogP contribution < -0.4 is 5.32 Å². The maximum atomic E-state index is 12.7. The number of hydrogen-bond acceptors (Lipinski definition) is 5. The smallest absolute Gasteiger partial charge is 0.341 e. The van der Waals surface area contributed by atoms with Gasteiger partial charge in [0.1, 0.15) is 5.01 Å². The number of sulfone groups is 1. The predicted molar refractivity (Wildman–Crippen MR) is 78.5 cm³/mol. The van der Waals surface area contributed by atoms with Crippen LogP contribution in [0.3, 0.4) is 0 Å². The highest BCUT2D eigenvalue weighted by molar-refractivity contribution is 7.91. The van der Waals surface area contributed by atoms with Crippen LogP contribution in [-0.4, -0.2) is 19.2 Å². The molecule has 0 saturated carbocycles. The van der Waals surface area contributed by atoms with Crippen molar-refractivity contribution < 1.29 is 17.2 Å². The molecule has 1 aromatic carbocycles. The van der Waals surface area contributed by atoms with E-state index in [4.69, 9.17) is 0 Å². The molecule has 0 saturated heterocycles.